The second-order valence-electron chi connectivity index (χ2n) is 6.20. The van der Waals surface area contributed by atoms with Crippen LogP contribution < -0.4 is 10.2 Å². The van der Waals surface area contributed by atoms with Crippen molar-refractivity contribution in [2.45, 2.75) is 32.6 Å². The minimum absolute atomic E-state index is 0.124. The Kier molecular flexibility index (Phi) is 6.82. The fraction of sp³-hybridized carbons (Fsp3) is 0.217. The molecule has 1 N–H and O–H groups in total. The first-order valence-electron chi connectivity index (χ1n) is 9.03. The number of ether oxygens (including phenoxy) is 1. The molecule has 0 aliphatic rings. The van der Waals surface area contributed by atoms with Gasteiger partial charge in [0.05, 0.1) is 12.6 Å². The number of benzene rings is 3. The molecule has 0 aliphatic heterocycles. The zero-order valence-electron chi connectivity index (χ0n) is 15.1. The molecule has 3 aromatic carbocycles. The molecule has 0 bridgehead atoms. The van der Waals surface area contributed by atoms with Gasteiger partial charge in [-0.25, -0.2) is 0 Å². The summed E-state index contributed by atoms with van der Waals surface area (Å²) in [5, 5.41) is 0. The van der Waals surface area contributed by atoms with Gasteiger partial charge in [-0.2, -0.15) is 5.48 Å². The Morgan fingerprint density at radius 1 is 0.769 bits per heavy atom. The van der Waals surface area contributed by atoms with Crippen molar-refractivity contribution in [1.82, 2.24) is 5.48 Å². The summed E-state index contributed by atoms with van der Waals surface area (Å²) in [6.45, 7) is 3.25. The molecule has 0 aliphatic carbocycles. The molecule has 0 fully saturated rings. The number of hydrogen-bond acceptors (Lipinski definition) is 3. The third-order valence-electron chi connectivity index (χ3n) is 4.22. The maximum absolute atomic E-state index is 5.93. The van der Waals surface area contributed by atoms with Gasteiger partial charge in [0.15, 0.2) is 0 Å². The average molecular weight is 347 g/mol. The molecule has 1 unspecified atom stereocenters. The van der Waals surface area contributed by atoms with Crippen LogP contribution in [0, 0.1) is 0 Å². The van der Waals surface area contributed by atoms with E-state index in [9.17, 15) is 0 Å². The minimum Gasteiger partial charge on any atom is -0.489 e. The molecule has 0 spiro atoms. The molecule has 26 heavy (non-hydrogen) atoms. The summed E-state index contributed by atoms with van der Waals surface area (Å²) in [7, 11) is 0. The monoisotopic (exact) mass is 347 g/mol. The van der Waals surface area contributed by atoms with Gasteiger partial charge in [0.25, 0.3) is 0 Å². The molecule has 3 heteroatoms. The van der Waals surface area contributed by atoms with Crippen LogP contribution in [0.5, 0.6) is 5.75 Å². The normalized spacial score (nSPS) is 11.9. The van der Waals surface area contributed by atoms with Crippen LogP contribution in [0.1, 0.15) is 36.1 Å². The van der Waals surface area contributed by atoms with Crippen molar-refractivity contribution in [2.24, 2.45) is 0 Å². The Morgan fingerprint density at radius 2 is 1.42 bits per heavy atom. The molecule has 134 valence electrons. The van der Waals surface area contributed by atoms with Crippen LogP contribution in [0.3, 0.4) is 0 Å². The summed E-state index contributed by atoms with van der Waals surface area (Å²) in [5.74, 6) is 0.870. The van der Waals surface area contributed by atoms with E-state index in [1.165, 1.54) is 0 Å². The van der Waals surface area contributed by atoms with Crippen LogP contribution in [0.2, 0.25) is 0 Å². The van der Waals surface area contributed by atoms with Gasteiger partial charge in [0.1, 0.15) is 12.4 Å². The molecule has 0 saturated heterocycles. The molecule has 0 heterocycles. The SMILES string of the molecule is CCC(NOCc1ccccc1)c1cccc(OCc2ccccc2)c1. The van der Waals surface area contributed by atoms with Crippen LogP contribution in [0.25, 0.3) is 0 Å². The van der Waals surface area contributed by atoms with Gasteiger partial charge in [-0.15, -0.1) is 0 Å². The molecule has 0 amide bonds. The lowest BCUT2D eigenvalue weighted by Crippen LogP contribution is -2.21. The Morgan fingerprint density at radius 3 is 2.08 bits per heavy atom. The molecule has 0 saturated carbocycles. The molecular weight excluding hydrogens is 322 g/mol. The van der Waals surface area contributed by atoms with E-state index in [0.29, 0.717) is 13.2 Å². The summed E-state index contributed by atoms with van der Waals surface area (Å²) in [6.07, 6.45) is 0.928. The minimum atomic E-state index is 0.124. The highest BCUT2D eigenvalue weighted by Crippen LogP contribution is 2.22. The molecular formula is C23H25NO2. The van der Waals surface area contributed by atoms with Crippen LogP contribution >= 0.6 is 0 Å². The van der Waals surface area contributed by atoms with Gasteiger partial charge in [-0.3, -0.25) is 4.84 Å². The van der Waals surface area contributed by atoms with E-state index < -0.39 is 0 Å². The van der Waals surface area contributed by atoms with Crippen molar-refractivity contribution in [3.05, 3.63) is 102 Å². The molecule has 3 nitrogen and oxygen atoms in total. The smallest absolute Gasteiger partial charge is 0.120 e. The van der Waals surface area contributed by atoms with Crippen LogP contribution in [-0.4, -0.2) is 0 Å². The summed E-state index contributed by atoms with van der Waals surface area (Å²) in [6, 6.07) is 28.7. The fourth-order valence-corrected chi connectivity index (χ4v) is 2.75. The first-order chi connectivity index (χ1) is 12.8. The number of rotatable bonds is 9. The van der Waals surface area contributed by atoms with Gasteiger partial charge in [-0.05, 0) is 35.2 Å². The summed E-state index contributed by atoms with van der Waals surface area (Å²) in [5.41, 5.74) is 6.65. The highest BCUT2D eigenvalue weighted by molar-refractivity contribution is 5.31. The van der Waals surface area contributed by atoms with Crippen LogP contribution in [-0.2, 0) is 18.1 Å². The van der Waals surface area contributed by atoms with E-state index in [0.717, 1.165) is 28.9 Å². The predicted octanol–water partition coefficient (Wildman–Crippen LogP) is 5.44. The topological polar surface area (TPSA) is 30.5 Å². The van der Waals surface area contributed by atoms with Gasteiger partial charge < -0.3 is 4.74 Å². The van der Waals surface area contributed by atoms with E-state index >= 15 is 0 Å². The Balaban J connectivity index is 1.56. The van der Waals surface area contributed by atoms with Crippen LogP contribution in [0.15, 0.2) is 84.9 Å². The lowest BCUT2D eigenvalue weighted by atomic mass is 10.1. The maximum Gasteiger partial charge on any atom is 0.120 e. The number of nitrogens with one attached hydrogen (secondary N) is 1. The first kappa shape index (κ1) is 18.2. The summed E-state index contributed by atoms with van der Waals surface area (Å²) < 4.78 is 5.93. The van der Waals surface area contributed by atoms with Crippen molar-refractivity contribution < 1.29 is 9.57 Å². The summed E-state index contributed by atoms with van der Waals surface area (Å²) >= 11 is 0. The average Bonchev–Trinajstić information content (AvgIpc) is 2.71. The van der Waals surface area contributed by atoms with Gasteiger partial charge >= 0.3 is 0 Å². The molecule has 1 atom stereocenters. The lowest BCUT2D eigenvalue weighted by molar-refractivity contribution is 0.00199. The molecule has 3 rings (SSSR count). The second kappa shape index (κ2) is 9.76. The Hall–Kier alpha value is -2.62. The standard InChI is InChI=1S/C23H25NO2/c1-2-23(24-26-18-20-12-7-4-8-13-20)21-14-9-15-22(16-21)25-17-19-10-5-3-6-11-19/h3-16,23-24H,2,17-18H2,1H3. The first-order valence-corrected chi connectivity index (χ1v) is 9.03. The molecule has 0 radical (unpaired) electrons. The van der Waals surface area contributed by atoms with Crippen molar-refractivity contribution in [3.63, 3.8) is 0 Å². The zero-order chi connectivity index (χ0) is 18.0. The van der Waals surface area contributed by atoms with Gasteiger partial charge in [0.2, 0.25) is 0 Å². The van der Waals surface area contributed by atoms with Crippen LogP contribution in [0.4, 0.5) is 0 Å². The van der Waals surface area contributed by atoms with Gasteiger partial charge in [0, 0.05) is 0 Å². The van der Waals surface area contributed by atoms with E-state index in [1.807, 2.05) is 48.5 Å². The third-order valence-corrected chi connectivity index (χ3v) is 4.22. The Labute approximate surface area is 155 Å². The quantitative estimate of drug-likeness (QED) is 0.523. The highest BCUT2D eigenvalue weighted by atomic mass is 16.6. The van der Waals surface area contributed by atoms with Crippen molar-refractivity contribution in [1.29, 1.82) is 0 Å². The fourth-order valence-electron chi connectivity index (χ4n) is 2.75. The summed E-state index contributed by atoms with van der Waals surface area (Å²) in [4.78, 5) is 5.71. The predicted molar refractivity (Wildman–Crippen MR) is 105 cm³/mol. The lowest BCUT2D eigenvalue weighted by Gasteiger charge is -2.18. The van der Waals surface area contributed by atoms with E-state index in [1.54, 1.807) is 0 Å². The molecule has 3 aromatic rings. The second-order valence-corrected chi connectivity index (χ2v) is 6.20. The number of hydrogen-bond donors (Lipinski definition) is 1. The maximum atomic E-state index is 5.93. The van der Waals surface area contributed by atoms with Gasteiger partial charge in [-0.1, -0.05) is 79.7 Å². The molecule has 0 aromatic heterocycles. The van der Waals surface area contributed by atoms with E-state index in [4.69, 9.17) is 9.57 Å². The third kappa shape index (κ3) is 5.45. The van der Waals surface area contributed by atoms with Crippen molar-refractivity contribution in [3.8, 4) is 5.75 Å². The van der Waals surface area contributed by atoms with E-state index in [-0.39, 0.29) is 6.04 Å². The van der Waals surface area contributed by atoms with E-state index in [2.05, 4.69) is 48.8 Å². The highest BCUT2D eigenvalue weighted by Gasteiger charge is 2.10. The van der Waals surface area contributed by atoms with Crippen molar-refractivity contribution in [2.75, 3.05) is 0 Å². The van der Waals surface area contributed by atoms with Crippen molar-refractivity contribution >= 4 is 0 Å². The zero-order valence-corrected chi connectivity index (χ0v) is 15.1. The Bertz CT molecular complexity index is 774. The number of hydroxylamine groups is 1. The largest absolute Gasteiger partial charge is 0.489 e.